The summed E-state index contributed by atoms with van der Waals surface area (Å²) in [5.41, 5.74) is 2.90. The molecule has 2 aromatic rings. The fourth-order valence-corrected chi connectivity index (χ4v) is 7.15. The molecule has 0 atom stereocenters. The first kappa shape index (κ1) is 28.9. The van der Waals surface area contributed by atoms with Crippen molar-refractivity contribution >= 4 is 39.3 Å². The smallest absolute Gasteiger partial charge is 0.339 e. The summed E-state index contributed by atoms with van der Waals surface area (Å²) >= 11 is 6.67. The Balaban J connectivity index is 1.66. The Labute approximate surface area is 243 Å². The maximum Gasteiger partial charge on any atom is 0.339 e. The molecule has 41 heavy (non-hydrogen) atoms. The summed E-state index contributed by atoms with van der Waals surface area (Å²) in [6, 6.07) is 10.8. The standard InChI is InChI=1S/C30H30ClNO8S/c1-2-39-25-17-18(16-20(31)30(25)40-41(37,38)19-8-4-3-5-9-19)27-28-21(10-6-12-23(28)33)32(15-14-26(35)36)22-11-7-13-24(34)29(22)27/h3-5,8-9,16-17,27H,2,6-7,10-15H2,1H3,(H,35,36). The van der Waals surface area contributed by atoms with Gasteiger partial charge in [0.05, 0.1) is 18.1 Å². The van der Waals surface area contributed by atoms with Gasteiger partial charge in [-0.1, -0.05) is 29.8 Å². The molecule has 0 saturated heterocycles. The second-order valence-electron chi connectivity index (χ2n) is 10.1. The van der Waals surface area contributed by atoms with Gasteiger partial charge in [-0.15, -0.1) is 0 Å². The summed E-state index contributed by atoms with van der Waals surface area (Å²) in [6.07, 6.45) is 2.88. The molecule has 2 aromatic carbocycles. The number of halogens is 1. The van der Waals surface area contributed by atoms with Crippen molar-refractivity contribution < 1.29 is 36.8 Å². The lowest BCUT2D eigenvalue weighted by molar-refractivity contribution is -0.137. The molecule has 0 radical (unpaired) electrons. The number of allylic oxidation sites excluding steroid dienone is 4. The highest BCUT2D eigenvalue weighted by Gasteiger charge is 2.43. The SMILES string of the molecule is CCOc1cc(C2C3=C(CCCC3=O)N(CCC(=O)O)C3=C2C(=O)CCC3)cc(Cl)c1OS(=O)(=O)c1ccccc1. The molecule has 1 aliphatic heterocycles. The van der Waals surface area contributed by atoms with E-state index in [4.69, 9.17) is 20.5 Å². The van der Waals surface area contributed by atoms with Gasteiger partial charge in [0.25, 0.3) is 0 Å². The van der Waals surface area contributed by atoms with Crippen LogP contribution in [0.1, 0.15) is 63.4 Å². The van der Waals surface area contributed by atoms with Gasteiger partial charge in [0, 0.05) is 47.8 Å². The molecular formula is C30H30ClNO8S. The van der Waals surface area contributed by atoms with Crippen molar-refractivity contribution in [3.05, 3.63) is 75.6 Å². The van der Waals surface area contributed by atoms with E-state index >= 15 is 0 Å². The number of benzene rings is 2. The molecule has 1 heterocycles. The number of carboxylic acid groups (broad SMARTS) is 1. The Bertz CT molecular complexity index is 1530. The van der Waals surface area contributed by atoms with Gasteiger partial charge in [-0.3, -0.25) is 14.4 Å². The fraction of sp³-hybridized carbons (Fsp3) is 0.367. The molecule has 0 bridgehead atoms. The quantitative estimate of drug-likeness (QED) is 0.377. The van der Waals surface area contributed by atoms with Crippen LogP contribution in [0.25, 0.3) is 0 Å². The molecule has 2 aliphatic carbocycles. The summed E-state index contributed by atoms with van der Waals surface area (Å²) in [5.74, 6) is -2.04. The van der Waals surface area contributed by atoms with Crippen LogP contribution in [0.3, 0.4) is 0 Å². The number of carbonyl (C=O) groups excluding carboxylic acids is 2. The van der Waals surface area contributed by atoms with Gasteiger partial charge < -0.3 is 18.9 Å². The second-order valence-corrected chi connectivity index (χ2v) is 12.1. The van der Waals surface area contributed by atoms with Gasteiger partial charge in [0.15, 0.2) is 17.3 Å². The molecule has 9 nitrogen and oxygen atoms in total. The minimum absolute atomic E-state index is 0.0467. The zero-order valence-corrected chi connectivity index (χ0v) is 24.1. The highest BCUT2D eigenvalue weighted by molar-refractivity contribution is 7.87. The third-order valence-electron chi connectivity index (χ3n) is 7.53. The number of Topliss-reactive ketones (excluding diaryl/α,β-unsaturated/α-hetero) is 2. The third kappa shape index (κ3) is 5.63. The monoisotopic (exact) mass is 599 g/mol. The van der Waals surface area contributed by atoms with Gasteiger partial charge in [0.1, 0.15) is 4.90 Å². The van der Waals surface area contributed by atoms with Gasteiger partial charge in [-0.25, -0.2) is 0 Å². The molecule has 5 rings (SSSR count). The Hall–Kier alpha value is -3.63. The van der Waals surface area contributed by atoms with Crippen LogP contribution in [-0.4, -0.2) is 49.1 Å². The Morgan fingerprint density at radius 3 is 2.17 bits per heavy atom. The number of hydrogen-bond donors (Lipinski definition) is 1. The van der Waals surface area contributed by atoms with E-state index in [1.807, 2.05) is 4.90 Å². The van der Waals surface area contributed by atoms with E-state index in [0.717, 1.165) is 11.4 Å². The van der Waals surface area contributed by atoms with Crippen molar-refractivity contribution in [2.75, 3.05) is 13.2 Å². The van der Waals surface area contributed by atoms with Gasteiger partial charge in [0.2, 0.25) is 5.75 Å². The second kappa shape index (κ2) is 11.7. The first-order valence-electron chi connectivity index (χ1n) is 13.6. The van der Waals surface area contributed by atoms with Crippen molar-refractivity contribution in [1.29, 1.82) is 0 Å². The largest absolute Gasteiger partial charge is 0.490 e. The van der Waals surface area contributed by atoms with Gasteiger partial charge in [-0.2, -0.15) is 8.42 Å². The number of aliphatic carboxylic acids is 1. The molecule has 0 spiro atoms. The van der Waals surface area contributed by atoms with E-state index in [1.54, 1.807) is 31.2 Å². The first-order valence-corrected chi connectivity index (χ1v) is 15.4. The third-order valence-corrected chi connectivity index (χ3v) is 9.04. The van der Waals surface area contributed by atoms with Crippen LogP contribution in [0.15, 0.2) is 69.9 Å². The highest BCUT2D eigenvalue weighted by atomic mass is 35.5. The van der Waals surface area contributed by atoms with Crippen molar-refractivity contribution in [2.24, 2.45) is 0 Å². The Morgan fingerprint density at radius 1 is 1.00 bits per heavy atom. The molecule has 11 heteroatoms. The Morgan fingerprint density at radius 2 is 1.61 bits per heavy atom. The van der Waals surface area contributed by atoms with Crippen LogP contribution in [0.4, 0.5) is 0 Å². The fourth-order valence-electron chi connectivity index (χ4n) is 5.87. The van der Waals surface area contributed by atoms with Crippen LogP contribution < -0.4 is 8.92 Å². The zero-order valence-electron chi connectivity index (χ0n) is 22.5. The van der Waals surface area contributed by atoms with Crippen molar-refractivity contribution in [3.63, 3.8) is 0 Å². The maximum atomic E-state index is 13.5. The van der Waals surface area contributed by atoms with Gasteiger partial charge in [-0.05, 0) is 62.4 Å². The molecule has 3 aliphatic rings. The summed E-state index contributed by atoms with van der Waals surface area (Å²) in [7, 11) is -4.24. The Kier molecular flexibility index (Phi) is 8.24. The van der Waals surface area contributed by atoms with Crippen molar-refractivity contribution in [3.8, 4) is 11.5 Å². The van der Waals surface area contributed by atoms with E-state index in [-0.39, 0.29) is 52.6 Å². The number of ketones is 2. The molecule has 1 N–H and O–H groups in total. The lowest BCUT2D eigenvalue weighted by atomic mass is 9.71. The number of nitrogens with zero attached hydrogens (tertiary/aromatic N) is 1. The van der Waals surface area contributed by atoms with Crippen LogP contribution in [0.5, 0.6) is 11.5 Å². The number of carboxylic acids is 1. The zero-order chi connectivity index (χ0) is 29.3. The van der Waals surface area contributed by atoms with E-state index in [9.17, 15) is 27.9 Å². The summed E-state index contributed by atoms with van der Waals surface area (Å²) in [5, 5.41) is 9.34. The van der Waals surface area contributed by atoms with E-state index in [2.05, 4.69) is 0 Å². The molecule has 0 saturated carbocycles. The lowest BCUT2D eigenvalue weighted by Gasteiger charge is -2.44. The van der Waals surface area contributed by atoms with Crippen molar-refractivity contribution in [1.82, 2.24) is 4.90 Å². The predicted octanol–water partition coefficient (Wildman–Crippen LogP) is 5.39. The molecular weight excluding hydrogens is 570 g/mol. The van der Waals surface area contributed by atoms with E-state index < -0.39 is 22.0 Å². The number of carbonyl (C=O) groups is 3. The summed E-state index contributed by atoms with van der Waals surface area (Å²) < 4.78 is 37.3. The molecule has 0 aromatic heterocycles. The van der Waals surface area contributed by atoms with E-state index in [1.165, 1.54) is 18.2 Å². The topological polar surface area (TPSA) is 127 Å². The molecule has 0 unspecified atom stereocenters. The van der Waals surface area contributed by atoms with Gasteiger partial charge >= 0.3 is 16.1 Å². The minimum Gasteiger partial charge on any atom is -0.490 e. The minimum atomic E-state index is -4.24. The molecule has 0 amide bonds. The van der Waals surface area contributed by atoms with Crippen LogP contribution >= 0.6 is 11.6 Å². The lowest BCUT2D eigenvalue weighted by Crippen LogP contribution is -2.39. The number of hydrogen-bond acceptors (Lipinski definition) is 8. The molecule has 216 valence electrons. The maximum absolute atomic E-state index is 13.5. The summed E-state index contributed by atoms with van der Waals surface area (Å²) in [6.45, 7) is 2.07. The first-order chi connectivity index (χ1) is 19.6. The van der Waals surface area contributed by atoms with Crippen LogP contribution in [-0.2, 0) is 24.5 Å². The number of rotatable bonds is 9. The van der Waals surface area contributed by atoms with E-state index in [0.29, 0.717) is 55.2 Å². The highest BCUT2D eigenvalue weighted by Crippen LogP contribution is 2.51. The van der Waals surface area contributed by atoms with Crippen LogP contribution in [0, 0.1) is 0 Å². The normalized spacial score (nSPS) is 17.9. The predicted molar refractivity (Wildman–Crippen MR) is 150 cm³/mol. The molecule has 0 fully saturated rings. The average Bonchev–Trinajstić information content (AvgIpc) is 2.94. The van der Waals surface area contributed by atoms with Crippen LogP contribution in [0.2, 0.25) is 5.02 Å². The van der Waals surface area contributed by atoms with Crippen molar-refractivity contribution in [2.45, 2.75) is 62.7 Å². The summed E-state index contributed by atoms with van der Waals surface area (Å²) in [4.78, 5) is 40.2. The average molecular weight is 600 g/mol. The number of ether oxygens (including phenoxy) is 1.